The van der Waals surface area contributed by atoms with Gasteiger partial charge in [-0.15, -0.1) is 0 Å². The van der Waals surface area contributed by atoms with Crippen LogP contribution in [0.2, 0.25) is 0 Å². The van der Waals surface area contributed by atoms with E-state index in [4.69, 9.17) is 16.6 Å². The van der Waals surface area contributed by atoms with Crippen LogP contribution in [-0.2, 0) is 4.79 Å². The summed E-state index contributed by atoms with van der Waals surface area (Å²) in [5.41, 5.74) is 10.5. The molecule has 0 heterocycles. The van der Waals surface area contributed by atoms with Gasteiger partial charge in [0.25, 0.3) is 0 Å². The van der Waals surface area contributed by atoms with Crippen molar-refractivity contribution >= 4 is 12.0 Å². The molecule has 0 aliphatic heterocycles. The Kier molecular flexibility index (Phi) is 7.29. The Morgan fingerprint density at radius 3 is 2.40 bits per heavy atom. The van der Waals surface area contributed by atoms with Gasteiger partial charge in [-0.1, -0.05) is 0 Å². The Balaban J connectivity index is 3.42. The fourth-order valence-electron chi connectivity index (χ4n) is 0.831. The molecular formula is C8H18N4O3. The second-order valence-electron chi connectivity index (χ2n) is 3.06. The van der Waals surface area contributed by atoms with E-state index in [0.717, 1.165) is 0 Å². The highest BCUT2D eigenvalue weighted by atomic mass is 16.4. The van der Waals surface area contributed by atoms with Crippen LogP contribution in [0, 0.1) is 0 Å². The van der Waals surface area contributed by atoms with Crippen molar-refractivity contribution in [3.63, 3.8) is 0 Å². The van der Waals surface area contributed by atoms with E-state index >= 15 is 0 Å². The van der Waals surface area contributed by atoms with Gasteiger partial charge < -0.3 is 27.2 Å². The molecule has 88 valence electrons. The van der Waals surface area contributed by atoms with Crippen molar-refractivity contribution in [3.05, 3.63) is 0 Å². The lowest BCUT2D eigenvalue weighted by Crippen LogP contribution is -2.40. The Morgan fingerprint density at radius 2 is 1.87 bits per heavy atom. The zero-order valence-electron chi connectivity index (χ0n) is 8.53. The first-order valence-corrected chi connectivity index (χ1v) is 4.78. The molecule has 0 saturated heterocycles. The molecule has 0 saturated carbocycles. The highest BCUT2D eigenvalue weighted by Gasteiger charge is 2.10. The SMILES string of the molecule is NCCCNC(=O)NCCC(N)C(=O)O. The fourth-order valence-corrected chi connectivity index (χ4v) is 0.831. The summed E-state index contributed by atoms with van der Waals surface area (Å²) in [7, 11) is 0. The number of hydrogen-bond acceptors (Lipinski definition) is 4. The Bertz CT molecular complexity index is 210. The number of nitrogens with one attached hydrogen (secondary N) is 2. The van der Waals surface area contributed by atoms with Gasteiger partial charge >= 0.3 is 12.0 Å². The summed E-state index contributed by atoms with van der Waals surface area (Å²) in [5, 5.41) is 13.5. The second-order valence-corrected chi connectivity index (χ2v) is 3.06. The van der Waals surface area contributed by atoms with E-state index in [-0.39, 0.29) is 19.0 Å². The molecule has 0 fully saturated rings. The third kappa shape index (κ3) is 7.71. The predicted molar refractivity (Wildman–Crippen MR) is 55.3 cm³/mol. The monoisotopic (exact) mass is 218 g/mol. The van der Waals surface area contributed by atoms with Crippen LogP contribution < -0.4 is 22.1 Å². The fraction of sp³-hybridized carbons (Fsp3) is 0.750. The number of urea groups is 1. The summed E-state index contributed by atoms with van der Waals surface area (Å²) in [4.78, 5) is 21.3. The number of carboxylic acids is 1. The quantitative estimate of drug-likeness (QED) is 0.330. The van der Waals surface area contributed by atoms with E-state index in [1.54, 1.807) is 0 Å². The summed E-state index contributed by atoms with van der Waals surface area (Å²) in [5.74, 6) is -1.07. The molecule has 0 aliphatic carbocycles. The first-order chi connectivity index (χ1) is 7.07. The number of amides is 2. The highest BCUT2D eigenvalue weighted by molar-refractivity contribution is 5.74. The normalized spacial score (nSPS) is 11.9. The van der Waals surface area contributed by atoms with Gasteiger partial charge in [0, 0.05) is 13.1 Å². The van der Waals surface area contributed by atoms with Crippen LogP contribution >= 0.6 is 0 Å². The summed E-state index contributed by atoms with van der Waals surface area (Å²) in [6.45, 7) is 1.26. The minimum atomic E-state index is -1.07. The van der Waals surface area contributed by atoms with Crippen molar-refractivity contribution in [2.45, 2.75) is 18.9 Å². The molecule has 0 aromatic heterocycles. The summed E-state index contributed by atoms with van der Waals surface area (Å²) in [6.07, 6.45) is 0.918. The van der Waals surface area contributed by atoms with Gasteiger partial charge in [0.1, 0.15) is 6.04 Å². The van der Waals surface area contributed by atoms with Crippen molar-refractivity contribution < 1.29 is 14.7 Å². The molecule has 0 bridgehead atoms. The summed E-state index contributed by atoms with van der Waals surface area (Å²) in [6, 6.07) is -1.27. The van der Waals surface area contributed by atoms with Gasteiger partial charge in [0.05, 0.1) is 0 Å². The molecule has 2 amide bonds. The van der Waals surface area contributed by atoms with E-state index < -0.39 is 12.0 Å². The molecule has 7 nitrogen and oxygen atoms in total. The van der Waals surface area contributed by atoms with Gasteiger partial charge in [-0.05, 0) is 19.4 Å². The maximum absolute atomic E-state index is 11.0. The maximum atomic E-state index is 11.0. The van der Waals surface area contributed by atoms with Crippen molar-refractivity contribution in [2.75, 3.05) is 19.6 Å². The van der Waals surface area contributed by atoms with Crippen molar-refractivity contribution in [2.24, 2.45) is 11.5 Å². The van der Waals surface area contributed by atoms with Crippen molar-refractivity contribution in [1.82, 2.24) is 10.6 Å². The van der Waals surface area contributed by atoms with Crippen molar-refractivity contribution in [1.29, 1.82) is 0 Å². The highest BCUT2D eigenvalue weighted by Crippen LogP contribution is 1.85. The molecule has 15 heavy (non-hydrogen) atoms. The van der Waals surface area contributed by atoms with E-state index in [2.05, 4.69) is 10.6 Å². The zero-order chi connectivity index (χ0) is 11.7. The standard InChI is InChI=1S/C8H18N4O3/c9-3-1-4-11-8(15)12-5-2-6(10)7(13)14/h6H,1-5,9-10H2,(H,13,14)(H2,11,12,15). The number of rotatable bonds is 7. The Hall–Kier alpha value is -1.34. The molecule has 1 unspecified atom stereocenters. The Morgan fingerprint density at radius 1 is 1.27 bits per heavy atom. The zero-order valence-corrected chi connectivity index (χ0v) is 8.53. The van der Waals surface area contributed by atoms with Crippen LogP contribution in [0.25, 0.3) is 0 Å². The van der Waals surface area contributed by atoms with Gasteiger partial charge in [-0.25, -0.2) is 4.79 Å². The van der Waals surface area contributed by atoms with Gasteiger partial charge in [0.2, 0.25) is 0 Å². The topological polar surface area (TPSA) is 130 Å². The smallest absolute Gasteiger partial charge is 0.320 e. The minimum Gasteiger partial charge on any atom is -0.480 e. The van der Waals surface area contributed by atoms with Crippen LogP contribution in [0.4, 0.5) is 4.79 Å². The minimum absolute atomic E-state index is 0.208. The lowest BCUT2D eigenvalue weighted by Gasteiger charge is -2.08. The van der Waals surface area contributed by atoms with Crippen LogP contribution in [-0.4, -0.2) is 42.8 Å². The number of nitrogens with two attached hydrogens (primary N) is 2. The average molecular weight is 218 g/mol. The number of hydrogen-bond donors (Lipinski definition) is 5. The van der Waals surface area contributed by atoms with Gasteiger partial charge in [-0.2, -0.15) is 0 Å². The van der Waals surface area contributed by atoms with Crippen LogP contribution in [0.1, 0.15) is 12.8 Å². The van der Waals surface area contributed by atoms with Crippen LogP contribution in [0.15, 0.2) is 0 Å². The van der Waals surface area contributed by atoms with Crippen LogP contribution in [0.3, 0.4) is 0 Å². The predicted octanol–water partition coefficient (Wildman–Crippen LogP) is -1.56. The van der Waals surface area contributed by atoms with E-state index in [1.165, 1.54) is 0 Å². The average Bonchev–Trinajstić information content (AvgIpc) is 2.18. The number of carboxylic acid groups (broad SMARTS) is 1. The molecule has 0 spiro atoms. The third-order valence-corrected chi connectivity index (χ3v) is 1.72. The molecule has 7 N–H and O–H groups in total. The van der Waals surface area contributed by atoms with Crippen molar-refractivity contribution in [3.8, 4) is 0 Å². The van der Waals surface area contributed by atoms with Gasteiger partial charge in [-0.3, -0.25) is 4.79 Å². The molecule has 0 aliphatic rings. The molecule has 0 aromatic carbocycles. The molecular weight excluding hydrogens is 200 g/mol. The molecule has 7 heteroatoms. The van der Waals surface area contributed by atoms with E-state index in [9.17, 15) is 9.59 Å². The lowest BCUT2D eigenvalue weighted by molar-refractivity contribution is -0.138. The van der Waals surface area contributed by atoms with E-state index in [0.29, 0.717) is 19.5 Å². The van der Waals surface area contributed by atoms with Crippen LogP contribution in [0.5, 0.6) is 0 Å². The number of carbonyl (C=O) groups is 2. The Labute approximate surface area is 88.2 Å². The third-order valence-electron chi connectivity index (χ3n) is 1.72. The molecule has 0 aromatic rings. The molecule has 0 radical (unpaired) electrons. The molecule has 0 rings (SSSR count). The first-order valence-electron chi connectivity index (χ1n) is 4.78. The van der Waals surface area contributed by atoms with Gasteiger partial charge in [0.15, 0.2) is 0 Å². The lowest BCUT2D eigenvalue weighted by atomic mass is 10.2. The number of aliphatic carboxylic acids is 1. The summed E-state index contributed by atoms with van der Waals surface area (Å²) < 4.78 is 0. The first kappa shape index (κ1) is 13.7. The largest absolute Gasteiger partial charge is 0.480 e. The molecule has 1 atom stereocenters. The number of carbonyl (C=O) groups excluding carboxylic acids is 1. The van der Waals surface area contributed by atoms with E-state index in [1.807, 2.05) is 0 Å². The maximum Gasteiger partial charge on any atom is 0.320 e. The summed E-state index contributed by atoms with van der Waals surface area (Å²) >= 11 is 0. The second kappa shape index (κ2) is 8.01.